The van der Waals surface area contributed by atoms with E-state index in [1.807, 2.05) is 31.4 Å². The van der Waals surface area contributed by atoms with Gasteiger partial charge in [0.2, 0.25) is 0 Å². The van der Waals surface area contributed by atoms with Gasteiger partial charge in [0.05, 0.1) is 20.3 Å². The molecular weight excluding hydrogens is 260 g/mol. The fraction of sp³-hybridized carbons (Fsp3) is 0.385. The van der Waals surface area contributed by atoms with Crippen LogP contribution in [0.25, 0.3) is 0 Å². The summed E-state index contributed by atoms with van der Waals surface area (Å²) in [7, 11) is 3.40. The summed E-state index contributed by atoms with van der Waals surface area (Å²) in [6, 6.07) is 5.53. The zero-order valence-corrected chi connectivity index (χ0v) is 11.5. The molecule has 0 radical (unpaired) electrons. The average Bonchev–Trinajstić information content (AvgIpc) is 2.88. The summed E-state index contributed by atoms with van der Waals surface area (Å²) < 4.78 is 12.3. The Balaban J connectivity index is 2.03. The van der Waals surface area contributed by atoms with Crippen LogP contribution in [0.4, 0.5) is 5.69 Å². The first kappa shape index (κ1) is 14.1. The van der Waals surface area contributed by atoms with Crippen molar-refractivity contribution < 1.29 is 14.6 Å². The van der Waals surface area contributed by atoms with Crippen LogP contribution in [0.2, 0.25) is 0 Å². The Morgan fingerprint density at radius 1 is 1.35 bits per heavy atom. The van der Waals surface area contributed by atoms with Gasteiger partial charge in [-0.3, -0.25) is 4.68 Å². The Morgan fingerprint density at radius 3 is 2.85 bits per heavy atom. The average molecular weight is 278 g/mol. The van der Waals surface area contributed by atoms with Gasteiger partial charge in [0.1, 0.15) is 12.3 Å². The number of ether oxygens (including phenoxy) is 2. The van der Waals surface area contributed by atoms with Crippen molar-refractivity contribution >= 4 is 5.69 Å². The molecule has 1 aromatic carbocycles. The lowest BCUT2D eigenvalue weighted by Gasteiger charge is -2.12. The highest BCUT2D eigenvalue weighted by Gasteiger charge is 2.06. The summed E-state index contributed by atoms with van der Waals surface area (Å²) in [5.41, 5.74) is 1.73. The predicted molar refractivity (Wildman–Crippen MR) is 73.9 cm³/mol. The lowest BCUT2D eigenvalue weighted by atomic mass is 10.2. The van der Waals surface area contributed by atoms with Gasteiger partial charge in [-0.15, -0.1) is 5.10 Å². The Labute approximate surface area is 117 Å². The minimum Gasteiger partial charge on any atom is -0.493 e. The highest BCUT2D eigenvalue weighted by molar-refractivity contribution is 5.54. The third kappa shape index (κ3) is 3.61. The van der Waals surface area contributed by atoms with Crippen LogP contribution < -0.4 is 14.8 Å². The number of aliphatic hydroxyl groups excluding tert-OH is 1. The van der Waals surface area contributed by atoms with Crippen molar-refractivity contribution in [1.82, 2.24) is 15.0 Å². The summed E-state index contributed by atoms with van der Waals surface area (Å²) in [4.78, 5) is 0. The number of aromatic nitrogens is 3. The molecule has 2 N–H and O–H groups in total. The van der Waals surface area contributed by atoms with Crippen molar-refractivity contribution in [3.8, 4) is 11.5 Å². The summed E-state index contributed by atoms with van der Waals surface area (Å²) in [5.74, 6) is 1.22. The van der Waals surface area contributed by atoms with E-state index in [2.05, 4.69) is 15.6 Å². The topological polar surface area (TPSA) is 81.4 Å². The molecule has 1 aromatic heterocycles. The molecule has 2 aromatic rings. The van der Waals surface area contributed by atoms with E-state index < -0.39 is 0 Å². The number of methoxy groups -OCH3 is 1. The molecule has 0 amide bonds. The zero-order chi connectivity index (χ0) is 14.4. The maximum atomic E-state index is 8.82. The second kappa shape index (κ2) is 6.76. The van der Waals surface area contributed by atoms with Crippen LogP contribution in [0.15, 0.2) is 24.4 Å². The highest BCUT2D eigenvalue weighted by atomic mass is 16.5. The molecule has 7 nitrogen and oxygen atoms in total. The minimum absolute atomic E-state index is 0.0413. The van der Waals surface area contributed by atoms with Gasteiger partial charge in [-0.1, -0.05) is 5.21 Å². The van der Waals surface area contributed by atoms with Crippen LogP contribution in [-0.4, -0.2) is 40.4 Å². The molecule has 0 atom stereocenters. The van der Waals surface area contributed by atoms with Crippen molar-refractivity contribution in [1.29, 1.82) is 0 Å². The van der Waals surface area contributed by atoms with E-state index in [4.69, 9.17) is 14.6 Å². The molecule has 0 unspecified atom stereocenters. The van der Waals surface area contributed by atoms with Gasteiger partial charge < -0.3 is 19.9 Å². The molecule has 0 fully saturated rings. The summed E-state index contributed by atoms with van der Waals surface area (Å²) >= 11 is 0. The van der Waals surface area contributed by atoms with E-state index in [0.29, 0.717) is 18.0 Å². The molecule has 108 valence electrons. The van der Waals surface area contributed by atoms with E-state index in [-0.39, 0.29) is 13.2 Å². The third-order valence-corrected chi connectivity index (χ3v) is 2.64. The molecule has 0 aliphatic heterocycles. The lowest BCUT2D eigenvalue weighted by Crippen LogP contribution is -2.04. The maximum Gasteiger partial charge on any atom is 0.163 e. The number of rotatable bonds is 7. The number of hydrogen-bond acceptors (Lipinski definition) is 6. The van der Waals surface area contributed by atoms with Crippen LogP contribution in [0.5, 0.6) is 11.5 Å². The molecule has 0 aliphatic rings. The molecule has 0 aliphatic carbocycles. The van der Waals surface area contributed by atoms with Crippen LogP contribution in [0, 0.1) is 0 Å². The first-order valence-corrected chi connectivity index (χ1v) is 6.23. The van der Waals surface area contributed by atoms with Crippen molar-refractivity contribution in [3.63, 3.8) is 0 Å². The normalized spacial score (nSPS) is 10.3. The Hall–Kier alpha value is -2.28. The van der Waals surface area contributed by atoms with Crippen LogP contribution in [0.3, 0.4) is 0 Å². The number of nitrogens with zero attached hydrogens (tertiary/aromatic N) is 3. The van der Waals surface area contributed by atoms with Crippen molar-refractivity contribution in [2.24, 2.45) is 7.05 Å². The first-order valence-electron chi connectivity index (χ1n) is 6.23. The van der Waals surface area contributed by atoms with Crippen LogP contribution in [-0.2, 0) is 13.6 Å². The van der Waals surface area contributed by atoms with Crippen molar-refractivity contribution in [3.05, 3.63) is 30.1 Å². The lowest BCUT2D eigenvalue weighted by molar-refractivity contribution is 0.196. The second-order valence-electron chi connectivity index (χ2n) is 4.17. The molecule has 0 spiro atoms. The predicted octanol–water partition coefficient (Wildman–Crippen LogP) is 0.807. The molecule has 0 bridgehead atoms. The standard InChI is InChI=1S/C13H18N4O3/c1-17-9-11(15-16-17)8-14-10-3-4-12(19-2)13(7-10)20-6-5-18/h3-4,7,9,14,18H,5-6,8H2,1-2H3. The number of hydrogen-bond donors (Lipinski definition) is 2. The molecule has 0 saturated carbocycles. The van der Waals surface area contributed by atoms with E-state index in [0.717, 1.165) is 11.4 Å². The maximum absolute atomic E-state index is 8.82. The fourth-order valence-corrected chi connectivity index (χ4v) is 1.72. The number of benzene rings is 1. The van der Waals surface area contributed by atoms with E-state index in [9.17, 15) is 0 Å². The largest absolute Gasteiger partial charge is 0.493 e. The number of anilines is 1. The van der Waals surface area contributed by atoms with Gasteiger partial charge >= 0.3 is 0 Å². The minimum atomic E-state index is -0.0413. The van der Waals surface area contributed by atoms with E-state index >= 15 is 0 Å². The van der Waals surface area contributed by atoms with Gasteiger partial charge in [-0.05, 0) is 12.1 Å². The van der Waals surface area contributed by atoms with Crippen LogP contribution in [0.1, 0.15) is 5.69 Å². The highest BCUT2D eigenvalue weighted by Crippen LogP contribution is 2.30. The number of aliphatic hydroxyl groups is 1. The summed E-state index contributed by atoms with van der Waals surface area (Å²) in [6.07, 6.45) is 1.85. The zero-order valence-electron chi connectivity index (χ0n) is 11.5. The summed E-state index contributed by atoms with van der Waals surface area (Å²) in [5, 5.41) is 19.9. The fourth-order valence-electron chi connectivity index (χ4n) is 1.72. The first-order chi connectivity index (χ1) is 9.72. The number of nitrogens with one attached hydrogen (secondary N) is 1. The van der Waals surface area contributed by atoms with Gasteiger partial charge in [0, 0.05) is 25.0 Å². The Kier molecular flexibility index (Phi) is 4.78. The van der Waals surface area contributed by atoms with Crippen LogP contribution >= 0.6 is 0 Å². The van der Waals surface area contributed by atoms with Gasteiger partial charge in [0.25, 0.3) is 0 Å². The van der Waals surface area contributed by atoms with Gasteiger partial charge in [-0.25, -0.2) is 0 Å². The SMILES string of the molecule is COc1ccc(NCc2cn(C)nn2)cc1OCCO. The van der Waals surface area contributed by atoms with E-state index in [1.165, 1.54) is 0 Å². The van der Waals surface area contributed by atoms with Gasteiger partial charge in [0.15, 0.2) is 11.5 Å². The molecular formula is C13H18N4O3. The third-order valence-electron chi connectivity index (χ3n) is 2.64. The van der Waals surface area contributed by atoms with Crippen molar-refractivity contribution in [2.75, 3.05) is 25.6 Å². The monoisotopic (exact) mass is 278 g/mol. The quantitative estimate of drug-likeness (QED) is 0.780. The second-order valence-corrected chi connectivity index (χ2v) is 4.17. The van der Waals surface area contributed by atoms with Gasteiger partial charge in [-0.2, -0.15) is 0 Å². The van der Waals surface area contributed by atoms with Crippen molar-refractivity contribution in [2.45, 2.75) is 6.54 Å². The Morgan fingerprint density at radius 2 is 2.20 bits per heavy atom. The van der Waals surface area contributed by atoms with E-state index in [1.54, 1.807) is 11.8 Å². The molecule has 20 heavy (non-hydrogen) atoms. The molecule has 7 heteroatoms. The molecule has 1 heterocycles. The molecule has 2 rings (SSSR count). The molecule has 0 saturated heterocycles. The number of aryl methyl sites for hydroxylation is 1. The Bertz CT molecular complexity index is 556. The smallest absolute Gasteiger partial charge is 0.163 e. The summed E-state index contributed by atoms with van der Waals surface area (Å²) in [6.45, 7) is 0.754.